The van der Waals surface area contributed by atoms with Gasteiger partial charge in [-0.25, -0.2) is 0 Å². The number of ether oxygens (including phenoxy) is 2. The molecule has 0 aromatic heterocycles. The van der Waals surface area contributed by atoms with Crippen LogP contribution in [0.1, 0.15) is 29.5 Å². The number of methoxy groups -OCH3 is 1. The molecule has 0 spiro atoms. The van der Waals surface area contributed by atoms with Crippen LogP contribution in [0.3, 0.4) is 0 Å². The Hall–Kier alpha value is -2.84. The van der Waals surface area contributed by atoms with Gasteiger partial charge in [0.05, 0.1) is 12.0 Å². The molecule has 0 unspecified atom stereocenters. The molecule has 8 heteroatoms. The van der Waals surface area contributed by atoms with Crippen LogP contribution in [-0.2, 0) is 16.2 Å². The lowest BCUT2D eigenvalue weighted by Crippen LogP contribution is -2.29. The van der Waals surface area contributed by atoms with Gasteiger partial charge in [0.25, 0.3) is 5.91 Å². The molecule has 1 saturated heterocycles. The second-order valence-corrected chi connectivity index (χ2v) is 8.63. The van der Waals surface area contributed by atoms with Crippen LogP contribution in [0, 0.1) is 6.92 Å². The molecular weight excluding hydrogens is 434 g/mol. The molecule has 2 aromatic rings. The fourth-order valence-electron chi connectivity index (χ4n) is 3.11. The maximum absolute atomic E-state index is 12.7. The number of benzene rings is 2. The molecule has 0 aliphatic carbocycles. The van der Waals surface area contributed by atoms with Crippen LogP contribution in [0.25, 0.3) is 6.08 Å². The number of thioether (sulfide) groups is 1. The van der Waals surface area contributed by atoms with E-state index in [9.17, 15) is 9.59 Å². The average molecular weight is 458 g/mol. The Balaban J connectivity index is 1.75. The maximum Gasteiger partial charge on any atom is 0.303 e. The van der Waals surface area contributed by atoms with Gasteiger partial charge < -0.3 is 14.6 Å². The number of nitrogens with zero attached hydrogens (tertiary/aromatic N) is 1. The number of aryl methyl sites for hydroxylation is 1. The van der Waals surface area contributed by atoms with Gasteiger partial charge in [-0.1, -0.05) is 48.2 Å². The van der Waals surface area contributed by atoms with Crippen LogP contribution in [0.2, 0.25) is 0 Å². The summed E-state index contributed by atoms with van der Waals surface area (Å²) in [5.74, 6) is 0.415. The fraction of sp³-hybridized carbons (Fsp3) is 0.261. The monoisotopic (exact) mass is 457 g/mol. The van der Waals surface area contributed by atoms with E-state index in [1.54, 1.807) is 13.2 Å². The molecule has 31 heavy (non-hydrogen) atoms. The Bertz CT molecular complexity index is 1030. The number of aliphatic carboxylic acids is 1. The van der Waals surface area contributed by atoms with Crippen LogP contribution >= 0.6 is 24.0 Å². The molecule has 0 bridgehead atoms. The number of thiocarbonyl (C=S) groups is 1. The summed E-state index contributed by atoms with van der Waals surface area (Å²) in [6.45, 7) is 2.61. The van der Waals surface area contributed by atoms with E-state index < -0.39 is 5.97 Å². The molecule has 1 heterocycles. The number of hydrogen-bond acceptors (Lipinski definition) is 6. The molecule has 2 aromatic carbocycles. The third-order valence-corrected chi connectivity index (χ3v) is 6.10. The van der Waals surface area contributed by atoms with Gasteiger partial charge in [0, 0.05) is 18.5 Å². The number of carbonyl (C=O) groups excluding carboxylic acids is 1. The first-order valence-corrected chi connectivity index (χ1v) is 10.9. The van der Waals surface area contributed by atoms with E-state index in [0.29, 0.717) is 34.5 Å². The summed E-state index contributed by atoms with van der Waals surface area (Å²) in [7, 11) is 1.61. The highest BCUT2D eigenvalue weighted by Crippen LogP contribution is 2.33. The summed E-state index contributed by atoms with van der Waals surface area (Å²) in [5, 5.41) is 8.79. The summed E-state index contributed by atoms with van der Waals surface area (Å²) in [5.41, 5.74) is 2.73. The number of amides is 1. The molecule has 3 rings (SSSR count). The van der Waals surface area contributed by atoms with Crippen molar-refractivity contribution in [3.05, 3.63) is 64.1 Å². The van der Waals surface area contributed by atoms with E-state index in [2.05, 4.69) is 0 Å². The standard InChI is InChI=1S/C23H23NO5S2/c1-15-6-3-4-7-18(15)29-14-17-12-16(9-10-19(17)28-2)13-20-22(27)24(23(30)31-20)11-5-8-21(25)26/h3-4,6-7,9-10,12-13H,5,8,11,14H2,1-2H3,(H,25,26)/b20-13-. The zero-order valence-electron chi connectivity index (χ0n) is 17.3. The van der Waals surface area contributed by atoms with Crippen molar-refractivity contribution >= 4 is 46.3 Å². The maximum atomic E-state index is 12.7. The predicted molar refractivity (Wildman–Crippen MR) is 125 cm³/mol. The number of carboxylic acids is 1. The quantitative estimate of drug-likeness (QED) is 0.434. The minimum absolute atomic E-state index is 0.00115. The van der Waals surface area contributed by atoms with Crippen molar-refractivity contribution in [3.63, 3.8) is 0 Å². The second kappa shape index (κ2) is 10.5. The number of para-hydroxylation sites is 1. The van der Waals surface area contributed by atoms with Crippen LogP contribution in [0.4, 0.5) is 0 Å². The summed E-state index contributed by atoms with van der Waals surface area (Å²) in [6.07, 6.45) is 2.14. The predicted octanol–water partition coefficient (Wildman–Crippen LogP) is 4.65. The fourth-order valence-corrected chi connectivity index (χ4v) is 4.42. The lowest BCUT2D eigenvalue weighted by atomic mass is 10.1. The van der Waals surface area contributed by atoms with Crippen molar-refractivity contribution in [3.8, 4) is 11.5 Å². The van der Waals surface area contributed by atoms with Crippen molar-refractivity contribution in [1.82, 2.24) is 4.90 Å². The first kappa shape index (κ1) is 22.8. The van der Waals surface area contributed by atoms with E-state index >= 15 is 0 Å². The van der Waals surface area contributed by atoms with Crippen molar-refractivity contribution in [1.29, 1.82) is 0 Å². The molecule has 0 radical (unpaired) electrons. The summed E-state index contributed by atoms with van der Waals surface area (Å²) >= 11 is 6.53. The van der Waals surface area contributed by atoms with Gasteiger partial charge in [0.15, 0.2) is 0 Å². The lowest BCUT2D eigenvalue weighted by Gasteiger charge is -2.13. The summed E-state index contributed by atoms with van der Waals surface area (Å²) < 4.78 is 11.9. The van der Waals surface area contributed by atoms with Crippen molar-refractivity contribution in [2.45, 2.75) is 26.4 Å². The number of hydrogen-bond donors (Lipinski definition) is 1. The molecule has 1 fully saturated rings. The lowest BCUT2D eigenvalue weighted by molar-refractivity contribution is -0.137. The van der Waals surface area contributed by atoms with Crippen LogP contribution < -0.4 is 9.47 Å². The minimum atomic E-state index is -0.889. The average Bonchev–Trinajstić information content (AvgIpc) is 3.00. The minimum Gasteiger partial charge on any atom is -0.496 e. The van der Waals surface area contributed by atoms with E-state index in [-0.39, 0.29) is 12.3 Å². The van der Waals surface area contributed by atoms with E-state index in [4.69, 9.17) is 26.8 Å². The van der Waals surface area contributed by atoms with E-state index in [1.807, 2.05) is 49.4 Å². The van der Waals surface area contributed by atoms with E-state index in [0.717, 1.165) is 22.4 Å². The number of carboxylic acid groups (broad SMARTS) is 1. The third kappa shape index (κ3) is 5.86. The first-order valence-electron chi connectivity index (χ1n) is 9.71. The Kier molecular flexibility index (Phi) is 7.70. The molecular formula is C23H23NO5S2. The zero-order valence-corrected chi connectivity index (χ0v) is 18.9. The molecule has 6 nitrogen and oxygen atoms in total. The van der Waals surface area contributed by atoms with Crippen molar-refractivity contribution < 1.29 is 24.2 Å². The van der Waals surface area contributed by atoms with Gasteiger partial charge in [-0.3, -0.25) is 14.5 Å². The molecule has 162 valence electrons. The smallest absolute Gasteiger partial charge is 0.303 e. The Labute approximate surface area is 190 Å². The molecule has 1 amide bonds. The Morgan fingerprint density at radius 2 is 2.00 bits per heavy atom. The van der Waals surface area contributed by atoms with Gasteiger partial charge in [0.2, 0.25) is 0 Å². The number of carbonyl (C=O) groups is 2. The first-order chi connectivity index (χ1) is 14.9. The third-order valence-electron chi connectivity index (χ3n) is 4.72. The highest BCUT2D eigenvalue weighted by molar-refractivity contribution is 8.26. The van der Waals surface area contributed by atoms with Crippen LogP contribution in [0.15, 0.2) is 47.4 Å². The van der Waals surface area contributed by atoms with Crippen LogP contribution in [-0.4, -0.2) is 39.9 Å². The van der Waals surface area contributed by atoms with Crippen molar-refractivity contribution in [2.75, 3.05) is 13.7 Å². The second-order valence-electron chi connectivity index (χ2n) is 6.96. The number of rotatable bonds is 9. The van der Waals surface area contributed by atoms with Gasteiger partial charge >= 0.3 is 5.97 Å². The highest BCUT2D eigenvalue weighted by atomic mass is 32.2. The summed E-state index contributed by atoms with van der Waals surface area (Å²) in [6, 6.07) is 13.4. The largest absolute Gasteiger partial charge is 0.496 e. The molecule has 1 aliphatic rings. The van der Waals surface area contributed by atoms with Gasteiger partial charge in [-0.05, 0) is 48.7 Å². The SMILES string of the molecule is COc1ccc(/C=C2\SC(=S)N(CCCC(=O)O)C2=O)cc1COc1ccccc1C. The Morgan fingerprint density at radius 3 is 2.71 bits per heavy atom. The normalized spacial score (nSPS) is 14.9. The molecule has 1 N–H and O–H groups in total. The van der Waals surface area contributed by atoms with Gasteiger partial charge in [0.1, 0.15) is 22.4 Å². The van der Waals surface area contributed by atoms with Gasteiger partial charge in [-0.2, -0.15) is 0 Å². The van der Waals surface area contributed by atoms with Crippen molar-refractivity contribution in [2.24, 2.45) is 0 Å². The van der Waals surface area contributed by atoms with Gasteiger partial charge in [-0.15, -0.1) is 0 Å². The molecule has 0 saturated carbocycles. The molecule has 1 aliphatic heterocycles. The molecule has 0 atom stereocenters. The summed E-state index contributed by atoms with van der Waals surface area (Å²) in [4.78, 5) is 25.4. The highest BCUT2D eigenvalue weighted by Gasteiger charge is 2.31. The van der Waals surface area contributed by atoms with Crippen LogP contribution in [0.5, 0.6) is 11.5 Å². The topological polar surface area (TPSA) is 76.1 Å². The Morgan fingerprint density at radius 1 is 1.23 bits per heavy atom. The zero-order chi connectivity index (χ0) is 22.4. The van der Waals surface area contributed by atoms with E-state index in [1.165, 1.54) is 16.7 Å².